The summed E-state index contributed by atoms with van der Waals surface area (Å²) in [6, 6.07) is 10.2. The van der Waals surface area contributed by atoms with Crippen LogP contribution >= 0.6 is 11.6 Å². The Hall–Kier alpha value is -2.99. The summed E-state index contributed by atoms with van der Waals surface area (Å²) < 4.78 is 10.5. The van der Waals surface area contributed by atoms with Gasteiger partial charge in [0.2, 0.25) is 5.78 Å². The van der Waals surface area contributed by atoms with Crippen LogP contribution in [0.5, 0.6) is 5.75 Å². The van der Waals surface area contributed by atoms with Crippen LogP contribution in [0.4, 0.5) is 5.69 Å². The predicted molar refractivity (Wildman–Crippen MR) is 99.9 cm³/mol. The number of hydrogen-bond acceptors (Lipinski definition) is 5. The molecule has 6 nitrogen and oxygen atoms in total. The van der Waals surface area contributed by atoms with Gasteiger partial charge in [0.1, 0.15) is 11.3 Å². The number of carbonyl (C=O) groups excluding carboxylic acids is 2. The lowest BCUT2D eigenvalue weighted by atomic mass is 10.1. The summed E-state index contributed by atoms with van der Waals surface area (Å²) in [5.41, 5.74) is 7.39. The van der Waals surface area contributed by atoms with Crippen LogP contribution in [0.2, 0.25) is 5.02 Å². The summed E-state index contributed by atoms with van der Waals surface area (Å²) in [6.45, 7) is 1.52. The van der Waals surface area contributed by atoms with Crippen molar-refractivity contribution in [2.75, 3.05) is 12.8 Å². The van der Waals surface area contributed by atoms with E-state index in [1.165, 1.54) is 26.2 Å². The molecule has 0 amide bonds. The number of H-pyrrole nitrogens is 1. The first kappa shape index (κ1) is 17.8. The first-order valence-electron chi connectivity index (χ1n) is 7.86. The molecule has 3 rings (SSSR count). The number of nitrogens with one attached hydrogen (secondary N) is 1. The molecule has 0 saturated heterocycles. The van der Waals surface area contributed by atoms with Crippen LogP contribution in [0.25, 0.3) is 10.9 Å². The summed E-state index contributed by atoms with van der Waals surface area (Å²) >= 11 is 5.97. The highest BCUT2D eigenvalue weighted by molar-refractivity contribution is 6.33. The molecule has 3 aromatic rings. The second kappa shape index (κ2) is 7.09. The third kappa shape index (κ3) is 3.23. The van der Waals surface area contributed by atoms with Crippen LogP contribution in [0.15, 0.2) is 42.6 Å². The molecule has 0 saturated carbocycles. The molecule has 0 fully saturated rings. The lowest BCUT2D eigenvalue weighted by Gasteiger charge is -2.14. The van der Waals surface area contributed by atoms with Crippen molar-refractivity contribution in [3.63, 3.8) is 0 Å². The molecule has 0 aliphatic carbocycles. The first-order valence-corrected chi connectivity index (χ1v) is 8.24. The van der Waals surface area contributed by atoms with E-state index in [4.69, 9.17) is 26.8 Å². The van der Waals surface area contributed by atoms with Gasteiger partial charge >= 0.3 is 5.97 Å². The predicted octanol–water partition coefficient (Wildman–Crippen LogP) is 3.84. The standard InChI is InChI=1S/C19H17ClN2O4/c1-10(18(23)13-9-22-16-6-4-3-5-11(13)16)26-19(24)12-7-14(20)15(21)8-17(12)25-2/h3-10,22H,21H2,1-2H3. The van der Waals surface area contributed by atoms with Crippen molar-refractivity contribution in [3.8, 4) is 5.75 Å². The van der Waals surface area contributed by atoms with Gasteiger partial charge in [0.25, 0.3) is 0 Å². The third-order valence-corrected chi connectivity index (χ3v) is 4.37. The van der Waals surface area contributed by atoms with E-state index in [-0.39, 0.29) is 27.8 Å². The lowest BCUT2D eigenvalue weighted by Crippen LogP contribution is -2.24. The molecule has 0 spiro atoms. The number of ketones is 1. The van der Waals surface area contributed by atoms with Crippen LogP contribution in [0.3, 0.4) is 0 Å². The summed E-state index contributed by atoms with van der Waals surface area (Å²) in [4.78, 5) is 28.2. The molecule has 1 atom stereocenters. The number of fused-ring (bicyclic) bond motifs is 1. The number of nitrogen functional groups attached to an aromatic ring is 1. The van der Waals surface area contributed by atoms with Crippen LogP contribution in [-0.4, -0.2) is 30.0 Å². The zero-order valence-electron chi connectivity index (χ0n) is 14.2. The number of anilines is 1. The van der Waals surface area contributed by atoms with Gasteiger partial charge in [-0.15, -0.1) is 0 Å². The average Bonchev–Trinajstić information content (AvgIpc) is 3.06. The first-order chi connectivity index (χ1) is 12.4. The van der Waals surface area contributed by atoms with E-state index in [1.807, 2.05) is 24.3 Å². The molecule has 0 bridgehead atoms. The van der Waals surface area contributed by atoms with Gasteiger partial charge in [-0.2, -0.15) is 0 Å². The number of aromatic nitrogens is 1. The van der Waals surface area contributed by atoms with Gasteiger partial charge in [0.15, 0.2) is 6.10 Å². The van der Waals surface area contributed by atoms with Crippen LogP contribution in [0.1, 0.15) is 27.6 Å². The minimum Gasteiger partial charge on any atom is -0.496 e. The smallest absolute Gasteiger partial charge is 0.342 e. The van der Waals surface area contributed by atoms with Gasteiger partial charge in [-0.05, 0) is 19.1 Å². The molecule has 26 heavy (non-hydrogen) atoms. The molecule has 134 valence electrons. The fourth-order valence-electron chi connectivity index (χ4n) is 2.67. The molecule has 3 N–H and O–H groups in total. The number of rotatable bonds is 5. The highest BCUT2D eigenvalue weighted by Crippen LogP contribution is 2.30. The lowest BCUT2D eigenvalue weighted by molar-refractivity contribution is 0.0316. The van der Waals surface area contributed by atoms with E-state index in [1.54, 1.807) is 6.20 Å². The highest BCUT2D eigenvalue weighted by atomic mass is 35.5. The van der Waals surface area contributed by atoms with Crippen molar-refractivity contribution in [1.29, 1.82) is 0 Å². The maximum atomic E-state index is 12.7. The third-order valence-electron chi connectivity index (χ3n) is 4.05. The van der Waals surface area contributed by atoms with Gasteiger partial charge < -0.3 is 20.2 Å². The van der Waals surface area contributed by atoms with Crippen molar-refractivity contribution in [2.45, 2.75) is 13.0 Å². The highest BCUT2D eigenvalue weighted by Gasteiger charge is 2.25. The molecular weight excluding hydrogens is 356 g/mol. The minimum atomic E-state index is -0.984. The quantitative estimate of drug-likeness (QED) is 0.403. The average molecular weight is 373 g/mol. The number of hydrogen-bond donors (Lipinski definition) is 2. The molecule has 1 heterocycles. The van der Waals surface area contributed by atoms with Crippen molar-refractivity contribution in [1.82, 2.24) is 4.98 Å². The van der Waals surface area contributed by atoms with E-state index >= 15 is 0 Å². The van der Waals surface area contributed by atoms with E-state index in [2.05, 4.69) is 4.98 Å². The van der Waals surface area contributed by atoms with E-state index in [0.29, 0.717) is 5.56 Å². The zero-order chi connectivity index (χ0) is 18.8. The second-order valence-corrected chi connectivity index (χ2v) is 6.14. The van der Waals surface area contributed by atoms with Crippen LogP contribution in [-0.2, 0) is 4.74 Å². The van der Waals surface area contributed by atoms with Crippen molar-refractivity contribution in [3.05, 3.63) is 58.7 Å². The van der Waals surface area contributed by atoms with E-state index in [0.717, 1.165) is 10.9 Å². The molecule has 2 aromatic carbocycles. The number of nitrogens with two attached hydrogens (primary N) is 1. The number of benzene rings is 2. The van der Waals surface area contributed by atoms with Gasteiger partial charge in [-0.3, -0.25) is 4.79 Å². The Morgan fingerprint density at radius 1 is 1.19 bits per heavy atom. The number of para-hydroxylation sites is 1. The SMILES string of the molecule is COc1cc(N)c(Cl)cc1C(=O)OC(C)C(=O)c1c[nH]c2ccccc12. The number of halogens is 1. The Labute approximate surface area is 154 Å². The van der Waals surface area contributed by atoms with Crippen molar-refractivity contribution in [2.24, 2.45) is 0 Å². The molecule has 7 heteroatoms. The Bertz CT molecular complexity index is 996. The summed E-state index contributed by atoms with van der Waals surface area (Å²) in [7, 11) is 1.40. The Balaban J connectivity index is 1.83. The van der Waals surface area contributed by atoms with E-state index < -0.39 is 12.1 Å². The second-order valence-electron chi connectivity index (χ2n) is 5.73. The van der Waals surface area contributed by atoms with Crippen LogP contribution in [0, 0.1) is 0 Å². The fraction of sp³-hybridized carbons (Fsp3) is 0.158. The maximum Gasteiger partial charge on any atom is 0.342 e. The summed E-state index contributed by atoms with van der Waals surface area (Å²) in [5.74, 6) is -0.801. The normalized spacial score (nSPS) is 12.0. The largest absolute Gasteiger partial charge is 0.496 e. The van der Waals surface area contributed by atoms with Gasteiger partial charge in [0, 0.05) is 28.7 Å². The fourth-order valence-corrected chi connectivity index (χ4v) is 2.83. The number of esters is 1. The summed E-state index contributed by atoms with van der Waals surface area (Å²) in [6.07, 6.45) is 0.626. The van der Waals surface area contributed by atoms with Gasteiger partial charge in [-0.1, -0.05) is 29.8 Å². The van der Waals surface area contributed by atoms with Crippen molar-refractivity contribution >= 4 is 39.9 Å². The molecule has 1 unspecified atom stereocenters. The number of Topliss-reactive ketones (excluding diaryl/α,β-unsaturated/α-hetero) is 1. The molecule has 0 aliphatic rings. The number of methoxy groups -OCH3 is 1. The number of carbonyl (C=O) groups is 2. The topological polar surface area (TPSA) is 94.4 Å². The molecule has 1 aromatic heterocycles. The Kier molecular flexibility index (Phi) is 4.86. The zero-order valence-corrected chi connectivity index (χ0v) is 15.0. The summed E-state index contributed by atoms with van der Waals surface area (Å²) in [5, 5.41) is 0.974. The number of aromatic amines is 1. The molecular formula is C19H17ClN2O4. The molecule has 0 radical (unpaired) electrons. The van der Waals surface area contributed by atoms with Gasteiger partial charge in [0.05, 0.1) is 17.8 Å². The Morgan fingerprint density at radius 2 is 1.92 bits per heavy atom. The van der Waals surface area contributed by atoms with E-state index in [9.17, 15) is 9.59 Å². The Morgan fingerprint density at radius 3 is 2.65 bits per heavy atom. The maximum absolute atomic E-state index is 12.7. The van der Waals surface area contributed by atoms with Gasteiger partial charge in [-0.25, -0.2) is 4.79 Å². The van der Waals surface area contributed by atoms with Crippen molar-refractivity contribution < 1.29 is 19.1 Å². The monoisotopic (exact) mass is 372 g/mol. The minimum absolute atomic E-state index is 0.102. The number of ether oxygens (including phenoxy) is 2. The van der Waals surface area contributed by atoms with Crippen LogP contribution < -0.4 is 10.5 Å². The molecule has 0 aliphatic heterocycles.